The molecule has 0 amide bonds. The first-order chi connectivity index (χ1) is 11.9. The molecule has 2 aromatic carbocycles. The molecule has 5 nitrogen and oxygen atoms in total. The monoisotopic (exact) mass is 415 g/mol. The van der Waals surface area contributed by atoms with Crippen LogP contribution in [0.1, 0.15) is 5.56 Å². The van der Waals surface area contributed by atoms with Crippen molar-refractivity contribution in [1.82, 2.24) is 0 Å². The van der Waals surface area contributed by atoms with Gasteiger partial charge in [-0.25, -0.2) is 0 Å². The van der Waals surface area contributed by atoms with E-state index in [0.29, 0.717) is 11.6 Å². The van der Waals surface area contributed by atoms with Crippen LogP contribution in [0.4, 0.5) is 22.0 Å². The number of nitrogens with zero attached hydrogens (tertiary/aromatic N) is 1. The van der Waals surface area contributed by atoms with Gasteiger partial charge < -0.3 is 4.55 Å². The van der Waals surface area contributed by atoms with Crippen LogP contribution in [0.25, 0.3) is 10.8 Å². The van der Waals surface area contributed by atoms with Crippen molar-refractivity contribution in [3.63, 3.8) is 0 Å². The van der Waals surface area contributed by atoms with Crippen molar-refractivity contribution in [3.05, 3.63) is 48.0 Å². The maximum atomic E-state index is 14.3. The zero-order valence-electron chi connectivity index (χ0n) is 12.8. The number of halogens is 5. The molecule has 0 aliphatic heterocycles. The molecule has 0 aromatic heterocycles. The first-order valence-corrected chi connectivity index (χ1v) is 9.62. The van der Waals surface area contributed by atoms with Crippen LogP contribution in [0, 0.1) is 0 Å². The van der Waals surface area contributed by atoms with Crippen LogP contribution in [0.15, 0.2) is 47.6 Å². The van der Waals surface area contributed by atoms with Gasteiger partial charge in [-0.3, -0.25) is 4.28 Å². The average molecular weight is 415 g/mol. The summed E-state index contributed by atoms with van der Waals surface area (Å²) in [4.78, 5) is 0. The van der Waals surface area contributed by atoms with Gasteiger partial charge in [0.25, 0.3) is 0 Å². The van der Waals surface area contributed by atoms with Gasteiger partial charge in [0.15, 0.2) is 0 Å². The molecule has 0 aliphatic carbocycles. The average Bonchev–Trinajstić information content (AvgIpc) is 2.53. The quantitative estimate of drug-likeness (QED) is 0.247. The molecule has 1 atom stereocenters. The Balaban J connectivity index is 2.68. The van der Waals surface area contributed by atoms with Crippen molar-refractivity contribution in [1.29, 1.82) is 0 Å². The van der Waals surface area contributed by atoms with Gasteiger partial charge in [0, 0.05) is 16.7 Å². The fourth-order valence-electron chi connectivity index (χ4n) is 1.96. The molecule has 0 fully saturated rings. The maximum Gasteiger partial charge on any atom is 0.536 e. The van der Waals surface area contributed by atoms with Crippen LogP contribution in [0.5, 0.6) is 0 Å². The summed E-state index contributed by atoms with van der Waals surface area (Å²) in [6, 6.07) is 9.87. The summed E-state index contributed by atoms with van der Waals surface area (Å²) in [6.45, 7) is 0. The highest BCUT2D eigenvalue weighted by atomic mass is 32.2. The van der Waals surface area contributed by atoms with Crippen molar-refractivity contribution in [2.45, 2.75) is 10.8 Å². The largest absolute Gasteiger partial charge is 0.612 e. The molecular weight excluding hydrogens is 405 g/mol. The van der Waals surface area contributed by atoms with Gasteiger partial charge >= 0.3 is 20.9 Å². The molecule has 1 unspecified atom stereocenters. The molecule has 0 radical (unpaired) electrons. The second-order valence-electron chi connectivity index (χ2n) is 4.91. The lowest BCUT2D eigenvalue weighted by Crippen LogP contribution is -2.38. The van der Waals surface area contributed by atoms with E-state index in [9.17, 15) is 34.9 Å². The summed E-state index contributed by atoms with van der Waals surface area (Å²) in [5, 5.41) is -1.18. The van der Waals surface area contributed by atoms with Gasteiger partial charge in [-0.05, 0) is 10.8 Å². The zero-order chi connectivity index (χ0) is 19.8. The lowest BCUT2D eigenvalue weighted by Gasteiger charge is -2.19. The predicted octanol–water partition coefficient (Wildman–Crippen LogP) is 3.38. The number of benzene rings is 2. The number of hydrogen-bond acceptors (Lipinski definition) is 5. The third-order valence-electron chi connectivity index (χ3n) is 3.19. The number of rotatable bonds is 5. The first-order valence-electron chi connectivity index (χ1n) is 6.66. The van der Waals surface area contributed by atoms with Crippen LogP contribution in [0.2, 0.25) is 0 Å². The Kier molecular flexibility index (Phi) is 5.49. The van der Waals surface area contributed by atoms with Crippen LogP contribution in [0.3, 0.4) is 0 Å². The Bertz CT molecular complexity index is 936. The summed E-state index contributed by atoms with van der Waals surface area (Å²) >= 11 is -2.92. The molecular formula is C14H10F5NO4S2. The Labute approximate surface area is 147 Å². The standard InChI is InChI=1S/C14H10F5NO4S2/c1-25(21)13(15,16)12(20-24-26(22,23)14(17,18)19)11-8-4-6-9-5-2-3-7-10(9)11/h2-8H,1H3. The van der Waals surface area contributed by atoms with E-state index in [1.807, 2.05) is 0 Å². The van der Waals surface area contributed by atoms with E-state index in [2.05, 4.69) is 9.44 Å². The van der Waals surface area contributed by atoms with Crippen LogP contribution in [-0.4, -0.2) is 35.7 Å². The summed E-state index contributed by atoms with van der Waals surface area (Å²) in [7, 11) is -6.26. The number of oxime groups is 1. The zero-order valence-corrected chi connectivity index (χ0v) is 14.5. The first kappa shape index (κ1) is 20.4. The van der Waals surface area contributed by atoms with Gasteiger partial charge in [0.05, 0.1) is 0 Å². The van der Waals surface area contributed by atoms with Gasteiger partial charge in [0.1, 0.15) is 6.26 Å². The summed E-state index contributed by atoms with van der Waals surface area (Å²) < 4.78 is 102. The van der Waals surface area contributed by atoms with Crippen LogP contribution < -0.4 is 0 Å². The Morgan fingerprint density at radius 2 is 1.65 bits per heavy atom. The number of alkyl halides is 5. The molecule has 142 valence electrons. The molecule has 0 saturated carbocycles. The van der Waals surface area contributed by atoms with Gasteiger partial charge in [-0.1, -0.05) is 47.6 Å². The molecule has 0 heterocycles. The van der Waals surface area contributed by atoms with E-state index in [1.165, 1.54) is 30.3 Å². The molecule has 2 aromatic rings. The van der Waals surface area contributed by atoms with Crippen LogP contribution >= 0.6 is 0 Å². The molecule has 0 bridgehead atoms. The van der Waals surface area contributed by atoms with Gasteiger partial charge in [-0.15, -0.1) is 8.78 Å². The maximum absolute atomic E-state index is 14.3. The summed E-state index contributed by atoms with van der Waals surface area (Å²) in [6.07, 6.45) is 0.596. The second-order valence-corrected chi connectivity index (χ2v) is 7.85. The van der Waals surface area contributed by atoms with E-state index in [0.717, 1.165) is 6.07 Å². The topological polar surface area (TPSA) is 78.8 Å². The minimum atomic E-state index is -6.26. The van der Waals surface area contributed by atoms with Crippen molar-refractivity contribution in [2.24, 2.45) is 5.16 Å². The minimum absolute atomic E-state index is 0.131. The Hall–Kier alpha value is -1.92. The number of hydrogen-bond donors (Lipinski definition) is 0. The fourth-order valence-corrected chi connectivity index (χ4v) is 2.63. The molecule has 0 saturated heterocycles. The fraction of sp³-hybridized carbons (Fsp3) is 0.214. The molecule has 26 heavy (non-hydrogen) atoms. The molecule has 0 aliphatic rings. The van der Waals surface area contributed by atoms with E-state index < -0.39 is 43.3 Å². The molecule has 2 rings (SSSR count). The van der Waals surface area contributed by atoms with Crippen molar-refractivity contribution in [2.75, 3.05) is 6.26 Å². The lowest BCUT2D eigenvalue weighted by molar-refractivity contribution is -0.0542. The summed E-state index contributed by atoms with van der Waals surface area (Å²) in [5.74, 6) is 0. The van der Waals surface area contributed by atoms with E-state index in [4.69, 9.17) is 0 Å². The SMILES string of the molecule is C[S+]([O-])C(F)(F)C(=NOS(=O)(=O)C(F)(F)F)c1cccc2ccccc12. The summed E-state index contributed by atoms with van der Waals surface area (Å²) in [5.41, 5.74) is -7.77. The Morgan fingerprint density at radius 1 is 1.08 bits per heavy atom. The van der Waals surface area contributed by atoms with Crippen LogP contribution in [-0.2, 0) is 25.6 Å². The molecule has 0 spiro atoms. The highest BCUT2D eigenvalue weighted by molar-refractivity contribution is 7.92. The highest BCUT2D eigenvalue weighted by Gasteiger charge is 2.52. The molecule has 0 N–H and O–H groups in total. The van der Waals surface area contributed by atoms with E-state index >= 15 is 0 Å². The van der Waals surface area contributed by atoms with Crippen molar-refractivity contribution >= 4 is 37.8 Å². The van der Waals surface area contributed by atoms with E-state index in [-0.39, 0.29) is 5.39 Å². The smallest absolute Gasteiger partial charge is 0.536 e. The van der Waals surface area contributed by atoms with E-state index in [1.54, 1.807) is 6.07 Å². The molecule has 12 heteroatoms. The van der Waals surface area contributed by atoms with Gasteiger partial charge in [-0.2, -0.15) is 21.6 Å². The Morgan fingerprint density at radius 3 is 2.23 bits per heavy atom. The van der Waals surface area contributed by atoms with Crippen molar-refractivity contribution < 1.29 is 39.2 Å². The minimum Gasteiger partial charge on any atom is -0.612 e. The predicted molar refractivity (Wildman–Crippen MR) is 85.6 cm³/mol. The third-order valence-corrected chi connectivity index (χ3v) is 4.94. The normalized spacial score (nSPS) is 15.1. The third kappa shape index (κ3) is 3.91. The number of fused-ring (bicyclic) bond motifs is 1. The second kappa shape index (κ2) is 7.00. The highest BCUT2D eigenvalue weighted by Crippen LogP contribution is 2.32. The van der Waals surface area contributed by atoms with Crippen molar-refractivity contribution in [3.8, 4) is 0 Å². The lowest BCUT2D eigenvalue weighted by atomic mass is 10.0. The van der Waals surface area contributed by atoms with Gasteiger partial charge in [0.2, 0.25) is 5.71 Å².